The van der Waals surface area contributed by atoms with Gasteiger partial charge in [0.25, 0.3) is 0 Å². The van der Waals surface area contributed by atoms with E-state index in [0.717, 1.165) is 23.6 Å². The molecule has 0 aromatic heterocycles. The van der Waals surface area contributed by atoms with Crippen molar-refractivity contribution in [1.82, 2.24) is 5.32 Å². The first-order valence-corrected chi connectivity index (χ1v) is 4.59. The first-order chi connectivity index (χ1) is 6.72. The average Bonchev–Trinajstić information content (AvgIpc) is 2.17. The molecule has 0 unspecified atom stereocenters. The van der Waals surface area contributed by atoms with Crippen molar-refractivity contribution in [3.05, 3.63) is 23.3 Å². The summed E-state index contributed by atoms with van der Waals surface area (Å²) in [6.07, 6.45) is 0. The molecule has 0 bridgehead atoms. The lowest BCUT2D eigenvalue weighted by molar-refractivity contribution is 0.351. The van der Waals surface area contributed by atoms with E-state index in [9.17, 15) is 0 Å². The number of nitrogens with one attached hydrogen (secondary N) is 1. The first kappa shape index (κ1) is 10.9. The minimum absolute atomic E-state index is 0.779. The van der Waals surface area contributed by atoms with Crippen LogP contribution < -0.4 is 14.8 Å². The van der Waals surface area contributed by atoms with Crippen LogP contribution in [0.5, 0.6) is 11.5 Å². The van der Waals surface area contributed by atoms with Crippen LogP contribution >= 0.6 is 0 Å². The van der Waals surface area contributed by atoms with Crippen molar-refractivity contribution in [2.75, 3.05) is 21.3 Å². The van der Waals surface area contributed by atoms with Crippen molar-refractivity contribution in [3.8, 4) is 11.5 Å². The zero-order chi connectivity index (χ0) is 10.6. The standard InChI is InChI=1S/C11H17NO2/c1-8-5-9(7-12-2)11(14-4)10(6-8)13-3/h5-6,12H,7H2,1-4H3. The van der Waals surface area contributed by atoms with Crippen LogP contribution in [0.2, 0.25) is 0 Å². The molecule has 0 aliphatic rings. The van der Waals surface area contributed by atoms with Gasteiger partial charge in [-0.2, -0.15) is 0 Å². The smallest absolute Gasteiger partial charge is 0.165 e. The van der Waals surface area contributed by atoms with E-state index in [1.165, 1.54) is 5.56 Å². The molecular formula is C11H17NO2. The number of hydrogen-bond donors (Lipinski definition) is 1. The molecule has 78 valence electrons. The highest BCUT2D eigenvalue weighted by Crippen LogP contribution is 2.32. The van der Waals surface area contributed by atoms with Crippen LogP contribution in [-0.2, 0) is 6.54 Å². The fourth-order valence-corrected chi connectivity index (χ4v) is 1.52. The van der Waals surface area contributed by atoms with Crippen LogP contribution in [0.25, 0.3) is 0 Å². The molecule has 0 spiro atoms. The summed E-state index contributed by atoms with van der Waals surface area (Å²) in [5.74, 6) is 1.60. The number of ether oxygens (including phenoxy) is 2. The van der Waals surface area contributed by atoms with E-state index in [1.54, 1.807) is 14.2 Å². The Labute approximate surface area is 85.0 Å². The normalized spacial score (nSPS) is 10.0. The van der Waals surface area contributed by atoms with Crippen LogP contribution in [0.15, 0.2) is 12.1 Å². The Morgan fingerprint density at radius 1 is 1.21 bits per heavy atom. The van der Waals surface area contributed by atoms with Crippen molar-refractivity contribution in [3.63, 3.8) is 0 Å². The van der Waals surface area contributed by atoms with Crippen molar-refractivity contribution in [2.45, 2.75) is 13.5 Å². The van der Waals surface area contributed by atoms with Crippen LogP contribution in [0, 0.1) is 6.92 Å². The molecule has 0 amide bonds. The van der Waals surface area contributed by atoms with E-state index in [1.807, 2.05) is 20.0 Å². The molecule has 0 aliphatic heterocycles. The maximum absolute atomic E-state index is 5.31. The monoisotopic (exact) mass is 195 g/mol. The summed E-state index contributed by atoms with van der Waals surface area (Å²) in [7, 11) is 5.22. The second kappa shape index (κ2) is 4.86. The number of aryl methyl sites for hydroxylation is 1. The molecule has 0 radical (unpaired) electrons. The minimum Gasteiger partial charge on any atom is -0.493 e. The van der Waals surface area contributed by atoms with Gasteiger partial charge in [0.15, 0.2) is 11.5 Å². The molecule has 0 saturated heterocycles. The van der Waals surface area contributed by atoms with Gasteiger partial charge < -0.3 is 14.8 Å². The lowest BCUT2D eigenvalue weighted by Crippen LogP contribution is -2.07. The molecule has 0 fully saturated rings. The van der Waals surface area contributed by atoms with Gasteiger partial charge in [-0.25, -0.2) is 0 Å². The van der Waals surface area contributed by atoms with Crippen LogP contribution in [0.4, 0.5) is 0 Å². The van der Waals surface area contributed by atoms with E-state index in [0.29, 0.717) is 0 Å². The van der Waals surface area contributed by atoms with Crippen molar-refractivity contribution >= 4 is 0 Å². The Hall–Kier alpha value is -1.22. The van der Waals surface area contributed by atoms with E-state index in [2.05, 4.69) is 11.4 Å². The quantitative estimate of drug-likeness (QED) is 0.793. The number of benzene rings is 1. The zero-order valence-corrected chi connectivity index (χ0v) is 9.18. The Balaban J connectivity index is 3.17. The topological polar surface area (TPSA) is 30.5 Å². The molecule has 1 N–H and O–H groups in total. The zero-order valence-electron chi connectivity index (χ0n) is 9.18. The number of methoxy groups -OCH3 is 2. The SMILES string of the molecule is CNCc1cc(C)cc(OC)c1OC. The molecule has 0 atom stereocenters. The van der Waals surface area contributed by atoms with E-state index in [-0.39, 0.29) is 0 Å². The summed E-state index contributed by atoms with van der Waals surface area (Å²) in [6, 6.07) is 4.07. The second-order valence-electron chi connectivity index (χ2n) is 3.19. The summed E-state index contributed by atoms with van der Waals surface area (Å²) < 4.78 is 10.6. The third kappa shape index (κ3) is 2.17. The number of rotatable bonds is 4. The Kier molecular flexibility index (Phi) is 3.77. The highest BCUT2D eigenvalue weighted by molar-refractivity contribution is 5.49. The van der Waals surface area contributed by atoms with E-state index in [4.69, 9.17) is 9.47 Å². The van der Waals surface area contributed by atoms with Crippen LogP contribution in [0.3, 0.4) is 0 Å². The lowest BCUT2D eigenvalue weighted by Gasteiger charge is -2.13. The van der Waals surface area contributed by atoms with Gasteiger partial charge in [-0.3, -0.25) is 0 Å². The highest BCUT2D eigenvalue weighted by atomic mass is 16.5. The van der Waals surface area contributed by atoms with Crippen molar-refractivity contribution < 1.29 is 9.47 Å². The van der Waals surface area contributed by atoms with Gasteiger partial charge in [0.1, 0.15) is 0 Å². The van der Waals surface area contributed by atoms with Gasteiger partial charge in [-0.15, -0.1) is 0 Å². The summed E-state index contributed by atoms with van der Waals surface area (Å²) in [4.78, 5) is 0. The summed E-state index contributed by atoms with van der Waals surface area (Å²) in [6.45, 7) is 2.82. The summed E-state index contributed by atoms with van der Waals surface area (Å²) >= 11 is 0. The Morgan fingerprint density at radius 3 is 2.43 bits per heavy atom. The van der Waals surface area contributed by atoms with Gasteiger partial charge >= 0.3 is 0 Å². The molecule has 3 nitrogen and oxygen atoms in total. The Morgan fingerprint density at radius 2 is 1.93 bits per heavy atom. The molecule has 1 rings (SSSR count). The maximum Gasteiger partial charge on any atom is 0.165 e. The van der Waals surface area contributed by atoms with Crippen LogP contribution in [-0.4, -0.2) is 21.3 Å². The highest BCUT2D eigenvalue weighted by Gasteiger charge is 2.09. The lowest BCUT2D eigenvalue weighted by atomic mass is 10.1. The first-order valence-electron chi connectivity index (χ1n) is 4.59. The van der Waals surface area contributed by atoms with Crippen LogP contribution in [0.1, 0.15) is 11.1 Å². The van der Waals surface area contributed by atoms with Gasteiger partial charge in [-0.1, -0.05) is 6.07 Å². The van der Waals surface area contributed by atoms with Gasteiger partial charge in [0.2, 0.25) is 0 Å². The predicted octanol–water partition coefficient (Wildman–Crippen LogP) is 1.73. The fraction of sp³-hybridized carbons (Fsp3) is 0.455. The second-order valence-corrected chi connectivity index (χ2v) is 3.19. The molecule has 14 heavy (non-hydrogen) atoms. The molecule has 0 aliphatic carbocycles. The van der Waals surface area contributed by atoms with Crippen molar-refractivity contribution in [1.29, 1.82) is 0 Å². The van der Waals surface area contributed by atoms with Gasteiger partial charge in [0.05, 0.1) is 14.2 Å². The third-order valence-electron chi connectivity index (χ3n) is 2.07. The third-order valence-corrected chi connectivity index (χ3v) is 2.07. The average molecular weight is 195 g/mol. The van der Waals surface area contributed by atoms with E-state index >= 15 is 0 Å². The van der Waals surface area contributed by atoms with Gasteiger partial charge in [0, 0.05) is 12.1 Å². The molecule has 0 heterocycles. The Bertz CT molecular complexity index is 310. The molecule has 3 heteroatoms. The molecule has 1 aromatic carbocycles. The van der Waals surface area contributed by atoms with Crippen molar-refractivity contribution in [2.24, 2.45) is 0 Å². The largest absolute Gasteiger partial charge is 0.493 e. The van der Waals surface area contributed by atoms with E-state index < -0.39 is 0 Å². The molecule has 1 aromatic rings. The minimum atomic E-state index is 0.779. The molecular weight excluding hydrogens is 178 g/mol. The predicted molar refractivity (Wildman–Crippen MR) is 57.0 cm³/mol. The van der Waals surface area contributed by atoms with Gasteiger partial charge in [-0.05, 0) is 25.6 Å². The summed E-state index contributed by atoms with van der Waals surface area (Å²) in [5, 5.41) is 3.10. The summed E-state index contributed by atoms with van der Waals surface area (Å²) in [5.41, 5.74) is 2.29. The fourth-order valence-electron chi connectivity index (χ4n) is 1.52. The maximum atomic E-state index is 5.31. The molecule has 0 saturated carbocycles. The number of hydrogen-bond acceptors (Lipinski definition) is 3.